The molecule has 3 aromatic rings. The lowest BCUT2D eigenvalue weighted by Gasteiger charge is -2.53. The highest BCUT2D eigenvalue weighted by Crippen LogP contribution is 2.64. The number of aliphatic imine (C=N–C) groups is 1. The number of rotatable bonds is 0. The number of carbonyl (C=O) groups excluding carboxylic acids is 1. The van der Waals surface area contributed by atoms with Crippen LogP contribution in [0.25, 0.3) is 0 Å². The van der Waals surface area contributed by atoms with Gasteiger partial charge >= 0.3 is 0 Å². The molecule has 1 heterocycles. The summed E-state index contributed by atoms with van der Waals surface area (Å²) in [6.07, 6.45) is 3.61. The van der Waals surface area contributed by atoms with Crippen molar-refractivity contribution in [2.45, 2.75) is 11.3 Å². The van der Waals surface area contributed by atoms with Crippen molar-refractivity contribution < 1.29 is 4.79 Å². The molecule has 0 amide bonds. The maximum atomic E-state index is 13.2. The standard InChI is InChI=1S/C26H15NO/c28-22-14-13-21-25-24(22)23-15-7-1-3-9-17(15)26(25,18-10-4-2-8-16(18)23)19-11-5-6-12-20(19)27-21/h1-14,23H. The molecule has 0 fully saturated rings. The van der Waals surface area contributed by atoms with Gasteiger partial charge in [0.1, 0.15) is 0 Å². The molecule has 4 aliphatic carbocycles. The highest BCUT2D eigenvalue weighted by atomic mass is 16.1. The fraction of sp³-hybridized carbons (Fsp3) is 0.0769. The summed E-state index contributed by atoms with van der Waals surface area (Å²) in [5.74, 6) is 0.101. The van der Waals surface area contributed by atoms with Crippen LogP contribution < -0.4 is 0 Å². The Morgan fingerprint density at radius 3 is 2.04 bits per heavy atom. The molecule has 0 radical (unpaired) electrons. The number of hydrogen-bond donors (Lipinski definition) is 0. The molecule has 1 spiro atoms. The summed E-state index contributed by atoms with van der Waals surface area (Å²) < 4.78 is 0. The van der Waals surface area contributed by atoms with Gasteiger partial charge in [0, 0.05) is 17.1 Å². The van der Waals surface area contributed by atoms with Crippen molar-refractivity contribution in [3.05, 3.63) is 124 Å². The smallest absolute Gasteiger partial charge is 0.183 e. The molecule has 3 aromatic carbocycles. The molecule has 0 saturated carbocycles. The van der Waals surface area contributed by atoms with Crippen LogP contribution in [-0.4, -0.2) is 11.5 Å². The van der Waals surface area contributed by atoms with E-state index in [2.05, 4.69) is 66.7 Å². The predicted molar refractivity (Wildman–Crippen MR) is 109 cm³/mol. The number of para-hydroxylation sites is 1. The molecule has 0 unspecified atom stereocenters. The normalized spacial score (nSPS) is 24.9. The van der Waals surface area contributed by atoms with E-state index >= 15 is 0 Å². The minimum atomic E-state index is -0.467. The second-order valence-corrected chi connectivity index (χ2v) is 7.86. The first-order chi connectivity index (χ1) is 13.8. The van der Waals surface area contributed by atoms with E-state index in [1.807, 2.05) is 12.1 Å². The van der Waals surface area contributed by atoms with Gasteiger partial charge in [0.15, 0.2) is 5.78 Å². The van der Waals surface area contributed by atoms with Gasteiger partial charge < -0.3 is 0 Å². The topological polar surface area (TPSA) is 29.4 Å². The Kier molecular flexibility index (Phi) is 2.42. The van der Waals surface area contributed by atoms with Crippen LogP contribution in [0.3, 0.4) is 0 Å². The third-order valence-electron chi connectivity index (χ3n) is 6.75. The van der Waals surface area contributed by atoms with E-state index in [0.717, 1.165) is 22.5 Å². The van der Waals surface area contributed by atoms with Crippen molar-refractivity contribution in [3.8, 4) is 0 Å². The van der Waals surface area contributed by atoms with Crippen LogP contribution in [0.15, 0.2) is 101 Å². The Morgan fingerprint density at radius 2 is 1.32 bits per heavy atom. The number of allylic oxidation sites excluding steroid dienone is 4. The van der Waals surface area contributed by atoms with Gasteiger partial charge in [0.25, 0.3) is 0 Å². The fourth-order valence-corrected chi connectivity index (χ4v) is 5.88. The minimum absolute atomic E-state index is 0.0165. The first-order valence-electron chi connectivity index (χ1n) is 9.66. The lowest BCUT2D eigenvalue weighted by molar-refractivity contribution is -0.111. The van der Waals surface area contributed by atoms with Crippen molar-refractivity contribution in [3.63, 3.8) is 0 Å². The van der Waals surface area contributed by atoms with E-state index in [9.17, 15) is 4.79 Å². The molecule has 28 heavy (non-hydrogen) atoms. The van der Waals surface area contributed by atoms with Crippen molar-refractivity contribution in [1.29, 1.82) is 0 Å². The molecule has 0 aromatic heterocycles. The number of hydrogen-bond acceptors (Lipinski definition) is 2. The minimum Gasteiger partial charge on any atom is -0.290 e. The monoisotopic (exact) mass is 357 g/mol. The van der Waals surface area contributed by atoms with Crippen LogP contribution in [-0.2, 0) is 10.2 Å². The summed E-state index contributed by atoms with van der Waals surface area (Å²) in [5, 5.41) is 0. The van der Waals surface area contributed by atoms with Crippen LogP contribution in [0.4, 0.5) is 5.69 Å². The third kappa shape index (κ3) is 1.39. The summed E-state index contributed by atoms with van der Waals surface area (Å²) >= 11 is 0. The van der Waals surface area contributed by atoms with Crippen molar-refractivity contribution >= 4 is 17.2 Å². The van der Waals surface area contributed by atoms with Crippen LogP contribution >= 0.6 is 0 Å². The quantitative estimate of drug-likeness (QED) is 0.521. The largest absolute Gasteiger partial charge is 0.290 e. The Morgan fingerprint density at radius 1 is 0.714 bits per heavy atom. The Bertz CT molecular complexity index is 1290. The Labute approximate surface area is 162 Å². The maximum absolute atomic E-state index is 13.2. The van der Waals surface area contributed by atoms with Crippen LogP contribution in [0.1, 0.15) is 33.7 Å². The number of nitrogens with zero attached hydrogens (tertiary/aromatic N) is 1. The van der Waals surface area contributed by atoms with Gasteiger partial charge in [-0.3, -0.25) is 4.79 Å². The zero-order chi connectivity index (χ0) is 18.5. The third-order valence-corrected chi connectivity index (χ3v) is 6.75. The molecule has 2 heteroatoms. The zero-order valence-corrected chi connectivity index (χ0v) is 15.0. The number of fused-ring (bicyclic) bond motifs is 1. The molecule has 5 aliphatic rings. The highest BCUT2D eigenvalue weighted by Gasteiger charge is 2.58. The second kappa shape index (κ2) is 4.66. The number of benzene rings is 3. The van der Waals surface area contributed by atoms with Crippen molar-refractivity contribution in [2.75, 3.05) is 0 Å². The van der Waals surface area contributed by atoms with Gasteiger partial charge in [-0.05, 0) is 46.0 Å². The van der Waals surface area contributed by atoms with E-state index in [4.69, 9.17) is 4.99 Å². The summed E-state index contributed by atoms with van der Waals surface area (Å²) in [6.45, 7) is 0. The molecule has 0 saturated heterocycles. The average molecular weight is 357 g/mol. The number of ketones is 1. The maximum Gasteiger partial charge on any atom is 0.183 e. The van der Waals surface area contributed by atoms with Crippen LogP contribution in [0, 0.1) is 0 Å². The molecular formula is C26H15NO. The van der Waals surface area contributed by atoms with Gasteiger partial charge in [-0.1, -0.05) is 66.7 Å². The van der Waals surface area contributed by atoms with Crippen molar-refractivity contribution in [2.24, 2.45) is 4.99 Å². The molecule has 2 nitrogen and oxygen atoms in total. The Hall–Kier alpha value is -3.52. The fourth-order valence-electron chi connectivity index (χ4n) is 5.88. The van der Waals surface area contributed by atoms with Crippen LogP contribution in [0.5, 0.6) is 0 Å². The SMILES string of the molecule is O=C1C=CC2=Nc3ccccc3C34C2=C1C(c1ccccc13)c1ccccc14. The first kappa shape index (κ1) is 14.5. The van der Waals surface area contributed by atoms with E-state index in [0.29, 0.717) is 0 Å². The molecule has 2 bridgehead atoms. The molecule has 0 N–H and O–H groups in total. The lowest BCUT2D eigenvalue weighted by Crippen LogP contribution is -2.49. The van der Waals surface area contributed by atoms with E-state index in [1.54, 1.807) is 6.08 Å². The summed E-state index contributed by atoms with van der Waals surface area (Å²) in [4.78, 5) is 18.1. The summed E-state index contributed by atoms with van der Waals surface area (Å²) in [7, 11) is 0. The first-order valence-corrected chi connectivity index (χ1v) is 9.66. The van der Waals surface area contributed by atoms with Crippen LogP contribution in [0.2, 0.25) is 0 Å². The molecule has 1 aliphatic heterocycles. The van der Waals surface area contributed by atoms with E-state index in [-0.39, 0.29) is 11.7 Å². The number of carbonyl (C=O) groups is 1. The van der Waals surface area contributed by atoms with Gasteiger partial charge in [-0.25, -0.2) is 4.99 Å². The highest BCUT2D eigenvalue weighted by molar-refractivity contribution is 6.27. The molecule has 130 valence electrons. The predicted octanol–water partition coefficient (Wildman–Crippen LogP) is 5.00. The average Bonchev–Trinajstić information content (AvgIpc) is 2.76. The zero-order valence-electron chi connectivity index (χ0n) is 15.0. The van der Waals surface area contributed by atoms with Gasteiger partial charge in [0.05, 0.1) is 16.8 Å². The summed E-state index contributed by atoms with van der Waals surface area (Å²) in [6, 6.07) is 25.7. The molecule has 8 rings (SSSR count). The van der Waals surface area contributed by atoms with Crippen molar-refractivity contribution in [1.82, 2.24) is 0 Å². The second-order valence-electron chi connectivity index (χ2n) is 7.86. The molecular weight excluding hydrogens is 342 g/mol. The Balaban J connectivity index is 1.79. The van der Waals surface area contributed by atoms with Gasteiger partial charge in [-0.15, -0.1) is 0 Å². The van der Waals surface area contributed by atoms with E-state index in [1.165, 1.54) is 27.8 Å². The van der Waals surface area contributed by atoms with Gasteiger partial charge in [-0.2, -0.15) is 0 Å². The molecule has 0 atom stereocenters. The van der Waals surface area contributed by atoms with Gasteiger partial charge in [0.2, 0.25) is 0 Å². The van der Waals surface area contributed by atoms with E-state index < -0.39 is 5.41 Å². The summed E-state index contributed by atoms with van der Waals surface area (Å²) in [5.41, 5.74) is 9.72. The lowest BCUT2D eigenvalue weighted by atomic mass is 9.48.